The van der Waals surface area contributed by atoms with Gasteiger partial charge >= 0.3 is 0 Å². The largest absolute Gasteiger partial charge is 0.376 e. The Morgan fingerprint density at radius 3 is 1.17 bits per heavy atom. The summed E-state index contributed by atoms with van der Waals surface area (Å²) in [5, 5.41) is 29.1. The van der Waals surface area contributed by atoms with Crippen LogP contribution in [-0.2, 0) is 11.2 Å². The van der Waals surface area contributed by atoms with Crippen LogP contribution in [0.2, 0.25) is 0 Å². The van der Waals surface area contributed by atoms with Gasteiger partial charge in [0.1, 0.15) is 11.2 Å². The van der Waals surface area contributed by atoms with Crippen molar-refractivity contribution in [3.05, 3.63) is 152 Å². The highest BCUT2D eigenvalue weighted by Crippen LogP contribution is 2.64. The number of hydrogen-bond acceptors (Lipinski definition) is 4. The Morgan fingerprint density at radius 1 is 0.457 bits per heavy atom. The van der Waals surface area contributed by atoms with Gasteiger partial charge in [-0.2, -0.15) is 0 Å². The first-order valence-electron chi connectivity index (χ1n) is 15.9. The van der Waals surface area contributed by atoms with Crippen LogP contribution in [0.15, 0.2) is 84.9 Å². The molecule has 226 valence electrons. The standard InChI is InChI=1S/C42H34O2S2/c1-21-15-23(3)35(24(4)16-21)41(43)31-19-30-32(20-29(31)39-37(41)27-11-7-9-13-33(27)45-39)42(44,36-25(5)17-22(2)18-26(36)6)38-28-12-8-10-14-34(28)46-40(30)38/h7-20,43-44H,1-6H3. The molecule has 46 heavy (non-hydrogen) atoms. The van der Waals surface area contributed by atoms with E-state index in [1.54, 1.807) is 22.7 Å². The predicted octanol–water partition coefficient (Wildman–Crippen LogP) is 10.5. The summed E-state index contributed by atoms with van der Waals surface area (Å²) in [6.07, 6.45) is 0. The summed E-state index contributed by atoms with van der Waals surface area (Å²) >= 11 is 3.48. The maximum atomic E-state index is 13.4. The fraction of sp³-hybridized carbons (Fsp3) is 0.190. The summed E-state index contributed by atoms with van der Waals surface area (Å²) < 4.78 is 2.31. The van der Waals surface area contributed by atoms with E-state index in [0.717, 1.165) is 96.7 Å². The molecule has 0 saturated heterocycles. The molecule has 4 heteroatoms. The molecule has 2 aliphatic carbocycles. The molecule has 2 N–H and O–H groups in total. The number of thiophene rings is 2. The van der Waals surface area contributed by atoms with Crippen molar-refractivity contribution in [1.29, 1.82) is 0 Å². The van der Waals surface area contributed by atoms with Crippen LogP contribution in [0.4, 0.5) is 0 Å². The topological polar surface area (TPSA) is 40.5 Å². The lowest BCUT2D eigenvalue weighted by molar-refractivity contribution is 0.128. The molecule has 0 bridgehead atoms. The third-order valence-corrected chi connectivity index (χ3v) is 12.8. The molecule has 0 radical (unpaired) electrons. The van der Waals surface area contributed by atoms with Crippen LogP contribution in [0.25, 0.3) is 41.1 Å². The zero-order valence-electron chi connectivity index (χ0n) is 26.8. The lowest BCUT2D eigenvalue weighted by Crippen LogP contribution is -2.30. The van der Waals surface area contributed by atoms with Crippen LogP contribution in [0.3, 0.4) is 0 Å². The molecule has 7 aromatic rings. The van der Waals surface area contributed by atoms with Gasteiger partial charge in [-0.05, 0) is 121 Å². The molecule has 0 amide bonds. The predicted molar refractivity (Wildman–Crippen MR) is 194 cm³/mol. The lowest BCUT2D eigenvalue weighted by atomic mass is 9.76. The van der Waals surface area contributed by atoms with Gasteiger partial charge in [-0.1, -0.05) is 71.8 Å². The van der Waals surface area contributed by atoms with Crippen LogP contribution in [0.5, 0.6) is 0 Å². The highest BCUT2D eigenvalue weighted by molar-refractivity contribution is 7.23. The van der Waals surface area contributed by atoms with Gasteiger partial charge in [-0.25, -0.2) is 0 Å². The molecule has 0 spiro atoms. The van der Waals surface area contributed by atoms with E-state index in [-0.39, 0.29) is 0 Å². The van der Waals surface area contributed by atoms with Crippen molar-refractivity contribution < 1.29 is 10.2 Å². The van der Waals surface area contributed by atoms with Gasteiger partial charge in [0.15, 0.2) is 0 Å². The van der Waals surface area contributed by atoms with Crippen molar-refractivity contribution in [1.82, 2.24) is 0 Å². The molecule has 5 aromatic carbocycles. The van der Waals surface area contributed by atoms with Crippen LogP contribution in [0, 0.1) is 41.5 Å². The molecule has 9 rings (SSSR count). The molecule has 0 aliphatic heterocycles. The fourth-order valence-electron chi connectivity index (χ4n) is 9.05. The summed E-state index contributed by atoms with van der Waals surface area (Å²) in [5.41, 5.74) is 11.7. The summed E-state index contributed by atoms with van der Waals surface area (Å²) in [7, 11) is 0. The summed E-state index contributed by atoms with van der Waals surface area (Å²) in [4.78, 5) is 2.17. The summed E-state index contributed by atoms with van der Waals surface area (Å²) in [5.74, 6) is 0. The van der Waals surface area contributed by atoms with Gasteiger partial charge in [-0.3, -0.25) is 0 Å². The third kappa shape index (κ3) is 3.38. The number of aliphatic hydroxyl groups is 2. The van der Waals surface area contributed by atoms with E-state index in [9.17, 15) is 10.2 Å². The number of aryl methyl sites for hydroxylation is 6. The number of benzene rings is 5. The molecule has 2 heterocycles. The molecule has 2 nitrogen and oxygen atoms in total. The second kappa shape index (κ2) is 9.27. The fourth-order valence-corrected chi connectivity index (χ4v) is 11.6. The number of fused-ring (bicyclic) bond motifs is 10. The van der Waals surface area contributed by atoms with Gasteiger partial charge in [0, 0.05) is 41.4 Å². The first-order chi connectivity index (χ1) is 22.0. The molecular weight excluding hydrogens is 601 g/mol. The minimum absolute atomic E-state index is 0.901. The zero-order chi connectivity index (χ0) is 31.9. The Kier molecular flexibility index (Phi) is 5.68. The zero-order valence-corrected chi connectivity index (χ0v) is 28.4. The van der Waals surface area contributed by atoms with Crippen LogP contribution < -0.4 is 0 Å². The van der Waals surface area contributed by atoms with Crippen molar-refractivity contribution in [3.63, 3.8) is 0 Å². The monoisotopic (exact) mass is 634 g/mol. The molecule has 2 aliphatic rings. The lowest BCUT2D eigenvalue weighted by Gasteiger charge is -2.32. The average Bonchev–Trinajstić information content (AvgIpc) is 3.69. The minimum Gasteiger partial charge on any atom is -0.376 e. The van der Waals surface area contributed by atoms with E-state index in [0.29, 0.717) is 0 Å². The van der Waals surface area contributed by atoms with E-state index in [1.807, 2.05) is 0 Å². The van der Waals surface area contributed by atoms with Gasteiger partial charge in [0.2, 0.25) is 0 Å². The highest BCUT2D eigenvalue weighted by atomic mass is 32.1. The van der Waals surface area contributed by atoms with Crippen molar-refractivity contribution >= 4 is 42.8 Å². The van der Waals surface area contributed by atoms with E-state index < -0.39 is 11.2 Å². The minimum atomic E-state index is -1.34. The molecule has 2 atom stereocenters. The molecule has 0 saturated carbocycles. The summed E-state index contributed by atoms with van der Waals surface area (Å²) in [6, 6.07) is 30.1. The maximum Gasteiger partial charge on any atom is 0.143 e. The molecular formula is C42H34O2S2. The van der Waals surface area contributed by atoms with Crippen LogP contribution >= 0.6 is 22.7 Å². The van der Waals surface area contributed by atoms with Gasteiger partial charge in [0.25, 0.3) is 0 Å². The second-order valence-corrected chi connectivity index (χ2v) is 15.6. The Hall–Kier alpha value is -4.06. The number of hydrogen-bond donors (Lipinski definition) is 2. The van der Waals surface area contributed by atoms with E-state index >= 15 is 0 Å². The van der Waals surface area contributed by atoms with Crippen molar-refractivity contribution in [3.8, 4) is 20.9 Å². The van der Waals surface area contributed by atoms with E-state index in [4.69, 9.17) is 0 Å². The first kappa shape index (κ1) is 28.2. The van der Waals surface area contributed by atoms with Gasteiger partial charge in [0.05, 0.1) is 0 Å². The molecule has 0 fully saturated rings. The summed E-state index contributed by atoms with van der Waals surface area (Å²) in [6.45, 7) is 12.7. The molecule has 2 aromatic heterocycles. The maximum absolute atomic E-state index is 13.4. The number of rotatable bonds is 2. The third-order valence-electron chi connectivity index (χ3n) is 10.4. The van der Waals surface area contributed by atoms with Gasteiger partial charge < -0.3 is 10.2 Å². The Labute approximate surface area is 277 Å². The Balaban J connectivity index is 1.45. The average molecular weight is 635 g/mol. The smallest absolute Gasteiger partial charge is 0.143 e. The first-order valence-corrected chi connectivity index (χ1v) is 17.5. The SMILES string of the molecule is Cc1cc(C)c(C2(O)c3cc4c(cc3-c3sc5ccccc5c32)C(O)(c2c(C)cc(C)cc2C)c2c-4sc3ccccc23)c(C)c1. The quantitative estimate of drug-likeness (QED) is 0.199. The van der Waals surface area contributed by atoms with Crippen molar-refractivity contribution in [2.24, 2.45) is 0 Å². The van der Waals surface area contributed by atoms with Crippen molar-refractivity contribution in [2.45, 2.75) is 52.7 Å². The van der Waals surface area contributed by atoms with E-state index in [2.05, 4.69) is 126 Å². The Morgan fingerprint density at radius 2 is 0.804 bits per heavy atom. The molecule has 2 unspecified atom stereocenters. The van der Waals surface area contributed by atoms with E-state index in [1.165, 1.54) is 11.1 Å². The highest BCUT2D eigenvalue weighted by Gasteiger charge is 2.52. The second-order valence-electron chi connectivity index (χ2n) is 13.5. The van der Waals surface area contributed by atoms with Crippen LogP contribution in [-0.4, -0.2) is 10.2 Å². The normalized spacial score (nSPS) is 19.5. The van der Waals surface area contributed by atoms with Crippen molar-refractivity contribution in [2.75, 3.05) is 0 Å². The Bertz CT molecular complexity index is 2260. The van der Waals surface area contributed by atoms with Crippen LogP contribution in [0.1, 0.15) is 66.8 Å². The van der Waals surface area contributed by atoms with Gasteiger partial charge in [-0.15, -0.1) is 22.7 Å².